The van der Waals surface area contributed by atoms with Crippen LogP contribution in [-0.4, -0.2) is 28.4 Å². The molecule has 3 aromatic carbocycles. The van der Waals surface area contributed by atoms with E-state index in [0.717, 1.165) is 39.8 Å². The van der Waals surface area contributed by atoms with Gasteiger partial charge in [-0.15, -0.1) is 0 Å². The summed E-state index contributed by atoms with van der Waals surface area (Å²) in [6.07, 6.45) is 2.70. The Morgan fingerprint density at radius 3 is 2.47 bits per heavy atom. The lowest BCUT2D eigenvalue weighted by molar-refractivity contribution is -0.132. The lowest BCUT2D eigenvalue weighted by Gasteiger charge is -2.25. The summed E-state index contributed by atoms with van der Waals surface area (Å²) in [5.41, 5.74) is 4.73. The molecular formula is C32H32N2O4. The first-order valence-corrected chi connectivity index (χ1v) is 13.0. The summed E-state index contributed by atoms with van der Waals surface area (Å²) in [6, 6.07) is 19.9. The fourth-order valence-corrected chi connectivity index (χ4v) is 5.06. The number of ether oxygens (including phenoxy) is 1. The molecule has 5 rings (SSSR count). The Bertz CT molecular complexity index is 1550. The van der Waals surface area contributed by atoms with Crippen molar-refractivity contribution in [3.05, 3.63) is 101 Å². The molecule has 2 N–H and O–H groups in total. The van der Waals surface area contributed by atoms with Gasteiger partial charge in [-0.1, -0.05) is 51.1 Å². The summed E-state index contributed by atoms with van der Waals surface area (Å²) in [5, 5.41) is 12.4. The predicted molar refractivity (Wildman–Crippen MR) is 151 cm³/mol. The number of fused-ring (bicyclic) bond motifs is 1. The molecule has 1 atom stereocenters. The number of nitrogens with one attached hydrogen (secondary N) is 1. The molecule has 38 heavy (non-hydrogen) atoms. The predicted octanol–water partition coefficient (Wildman–Crippen LogP) is 7.01. The molecule has 0 bridgehead atoms. The Balaban J connectivity index is 1.69. The van der Waals surface area contributed by atoms with E-state index in [4.69, 9.17) is 4.74 Å². The van der Waals surface area contributed by atoms with Crippen molar-refractivity contribution in [2.75, 3.05) is 11.5 Å². The molecule has 1 aliphatic rings. The van der Waals surface area contributed by atoms with Gasteiger partial charge in [0.25, 0.3) is 11.7 Å². The number of hydrogen-bond acceptors (Lipinski definition) is 4. The summed E-state index contributed by atoms with van der Waals surface area (Å²) in [4.78, 5) is 31.9. The number of carbonyl (C=O) groups is 2. The van der Waals surface area contributed by atoms with E-state index >= 15 is 0 Å². The number of rotatable bonds is 7. The van der Waals surface area contributed by atoms with Crippen molar-refractivity contribution in [3.63, 3.8) is 0 Å². The van der Waals surface area contributed by atoms with Gasteiger partial charge in [-0.3, -0.25) is 14.5 Å². The molecule has 4 aromatic rings. The maximum atomic E-state index is 13.6. The Hall–Kier alpha value is -4.32. The van der Waals surface area contributed by atoms with E-state index in [1.165, 1.54) is 4.90 Å². The van der Waals surface area contributed by atoms with Crippen LogP contribution in [0, 0.1) is 6.92 Å². The molecule has 1 aliphatic heterocycles. The molecular weight excluding hydrogens is 476 g/mol. The summed E-state index contributed by atoms with van der Waals surface area (Å²) in [5.74, 6) is -0.530. The Kier molecular flexibility index (Phi) is 6.81. The first-order chi connectivity index (χ1) is 18.3. The van der Waals surface area contributed by atoms with Crippen molar-refractivity contribution >= 4 is 34.0 Å². The number of amides is 1. The topological polar surface area (TPSA) is 82.6 Å². The van der Waals surface area contributed by atoms with Crippen molar-refractivity contribution in [1.82, 2.24) is 4.98 Å². The molecule has 1 aromatic heterocycles. The van der Waals surface area contributed by atoms with E-state index in [0.29, 0.717) is 23.8 Å². The van der Waals surface area contributed by atoms with Gasteiger partial charge in [0.2, 0.25) is 0 Å². The molecule has 194 valence electrons. The lowest BCUT2D eigenvalue weighted by atomic mass is 9.94. The first-order valence-electron chi connectivity index (χ1n) is 13.0. The van der Waals surface area contributed by atoms with Crippen LogP contribution < -0.4 is 9.64 Å². The number of ketones is 1. The van der Waals surface area contributed by atoms with Gasteiger partial charge in [-0.25, -0.2) is 0 Å². The maximum Gasteiger partial charge on any atom is 0.300 e. The molecule has 0 spiro atoms. The van der Waals surface area contributed by atoms with Crippen LogP contribution in [0.25, 0.3) is 16.7 Å². The van der Waals surface area contributed by atoms with Crippen LogP contribution in [0.1, 0.15) is 61.4 Å². The van der Waals surface area contributed by atoms with Crippen LogP contribution in [0.3, 0.4) is 0 Å². The van der Waals surface area contributed by atoms with Gasteiger partial charge >= 0.3 is 0 Å². The number of carbonyl (C=O) groups excluding carboxylic acids is 2. The van der Waals surface area contributed by atoms with E-state index in [2.05, 4.69) is 18.8 Å². The zero-order valence-corrected chi connectivity index (χ0v) is 22.1. The van der Waals surface area contributed by atoms with Crippen LogP contribution in [0.5, 0.6) is 5.75 Å². The zero-order valence-electron chi connectivity index (χ0n) is 22.1. The number of hydrogen-bond donors (Lipinski definition) is 2. The van der Waals surface area contributed by atoms with Gasteiger partial charge in [0, 0.05) is 33.9 Å². The number of aromatic amines is 1. The van der Waals surface area contributed by atoms with Gasteiger partial charge in [0.15, 0.2) is 0 Å². The SMILES string of the molecule is CCCOc1ccc(/C(O)=C2\C(=O)C(=O)N(c3ccc(C(C)C)cc3)C2c2c[nH]c3ccccc23)cc1C. The highest BCUT2D eigenvalue weighted by Gasteiger charge is 2.47. The van der Waals surface area contributed by atoms with E-state index in [-0.39, 0.29) is 11.3 Å². The van der Waals surface area contributed by atoms with E-state index in [1.807, 2.05) is 68.6 Å². The van der Waals surface area contributed by atoms with Crippen molar-refractivity contribution in [2.24, 2.45) is 0 Å². The number of H-pyrrole nitrogens is 1. The average molecular weight is 509 g/mol. The summed E-state index contributed by atoms with van der Waals surface area (Å²) in [6.45, 7) is 8.73. The zero-order chi connectivity index (χ0) is 27.0. The Morgan fingerprint density at radius 1 is 1.05 bits per heavy atom. The van der Waals surface area contributed by atoms with Crippen LogP contribution in [0.15, 0.2) is 78.5 Å². The van der Waals surface area contributed by atoms with Gasteiger partial charge in [0.1, 0.15) is 11.5 Å². The molecule has 1 unspecified atom stereocenters. The Morgan fingerprint density at radius 2 is 1.79 bits per heavy atom. The van der Waals surface area contributed by atoms with E-state index in [9.17, 15) is 14.7 Å². The second kappa shape index (κ2) is 10.2. The van der Waals surface area contributed by atoms with Gasteiger partial charge < -0.3 is 14.8 Å². The normalized spacial score (nSPS) is 17.1. The van der Waals surface area contributed by atoms with E-state index < -0.39 is 17.7 Å². The largest absolute Gasteiger partial charge is 0.507 e. The molecule has 1 fully saturated rings. The second-order valence-corrected chi connectivity index (χ2v) is 10.0. The molecule has 0 saturated carbocycles. The fourth-order valence-electron chi connectivity index (χ4n) is 5.06. The van der Waals surface area contributed by atoms with Crippen molar-refractivity contribution in [3.8, 4) is 5.75 Å². The van der Waals surface area contributed by atoms with Crippen molar-refractivity contribution in [1.29, 1.82) is 0 Å². The van der Waals surface area contributed by atoms with Gasteiger partial charge in [-0.05, 0) is 66.8 Å². The number of aryl methyl sites for hydroxylation is 1. The minimum atomic E-state index is -0.799. The molecule has 1 amide bonds. The van der Waals surface area contributed by atoms with Crippen LogP contribution in [0.4, 0.5) is 5.69 Å². The second-order valence-electron chi connectivity index (χ2n) is 10.0. The minimum absolute atomic E-state index is 0.0642. The molecule has 6 nitrogen and oxygen atoms in total. The highest BCUT2D eigenvalue weighted by atomic mass is 16.5. The number of Topliss-reactive ketones (excluding diaryl/α,β-unsaturated/α-hetero) is 1. The summed E-state index contributed by atoms with van der Waals surface area (Å²) >= 11 is 0. The molecule has 0 radical (unpaired) electrons. The highest BCUT2D eigenvalue weighted by molar-refractivity contribution is 6.51. The van der Waals surface area contributed by atoms with E-state index in [1.54, 1.807) is 18.2 Å². The summed E-state index contributed by atoms with van der Waals surface area (Å²) in [7, 11) is 0. The number of aromatic nitrogens is 1. The smallest absolute Gasteiger partial charge is 0.300 e. The van der Waals surface area contributed by atoms with Crippen molar-refractivity contribution in [2.45, 2.75) is 46.1 Å². The fraction of sp³-hybridized carbons (Fsp3) is 0.250. The van der Waals surface area contributed by atoms with Crippen LogP contribution in [-0.2, 0) is 9.59 Å². The number of aliphatic hydroxyl groups is 1. The number of anilines is 1. The molecule has 1 saturated heterocycles. The average Bonchev–Trinajstić information content (AvgIpc) is 3.46. The number of nitrogens with zero attached hydrogens (tertiary/aromatic N) is 1. The molecule has 0 aliphatic carbocycles. The van der Waals surface area contributed by atoms with Crippen LogP contribution >= 0.6 is 0 Å². The molecule has 6 heteroatoms. The lowest BCUT2D eigenvalue weighted by Crippen LogP contribution is -2.29. The first kappa shape index (κ1) is 25.3. The standard InChI is InChI=1S/C32H32N2O4/c1-5-16-38-27-15-12-22(17-20(27)4)30(35)28-29(25-18-33-26-9-7-6-8-24(25)26)34(32(37)31(28)36)23-13-10-21(11-14-23)19(2)3/h6-15,17-19,29,33,35H,5,16H2,1-4H3/b30-28+. The third-order valence-electron chi connectivity index (χ3n) is 7.11. The number of aliphatic hydroxyl groups excluding tert-OH is 1. The monoisotopic (exact) mass is 508 g/mol. The Labute approximate surface area is 222 Å². The highest BCUT2D eigenvalue weighted by Crippen LogP contribution is 2.44. The minimum Gasteiger partial charge on any atom is -0.507 e. The van der Waals surface area contributed by atoms with Crippen LogP contribution in [0.2, 0.25) is 0 Å². The summed E-state index contributed by atoms with van der Waals surface area (Å²) < 4.78 is 5.78. The van der Waals surface area contributed by atoms with Crippen molar-refractivity contribution < 1.29 is 19.4 Å². The number of benzene rings is 3. The number of para-hydroxylation sites is 1. The quantitative estimate of drug-likeness (QED) is 0.160. The van der Waals surface area contributed by atoms with Gasteiger partial charge in [-0.2, -0.15) is 0 Å². The third kappa shape index (κ3) is 4.36. The van der Waals surface area contributed by atoms with Gasteiger partial charge in [0.05, 0.1) is 18.2 Å². The third-order valence-corrected chi connectivity index (χ3v) is 7.11. The maximum absolute atomic E-state index is 13.6. The molecule has 2 heterocycles.